The number of rotatable bonds is 11. The molecule has 0 fully saturated rings. The van der Waals surface area contributed by atoms with Gasteiger partial charge in [0.25, 0.3) is 0 Å². The Hall–Kier alpha value is -1.04. The Kier molecular flexibility index (Phi) is 14.0. The van der Waals surface area contributed by atoms with Crippen molar-refractivity contribution in [1.29, 1.82) is 0 Å². The molecule has 0 aliphatic rings. The van der Waals surface area contributed by atoms with Gasteiger partial charge in [0.05, 0.1) is 0 Å². The van der Waals surface area contributed by atoms with E-state index in [4.69, 9.17) is 5.10 Å². The van der Waals surface area contributed by atoms with Crippen molar-refractivity contribution in [2.24, 2.45) is 0 Å². The predicted octanol–water partition coefficient (Wildman–Crippen LogP) is 0.0832. The van der Waals surface area contributed by atoms with Gasteiger partial charge in [0.15, 0.2) is 5.82 Å². The Morgan fingerprint density at radius 2 is 1.66 bits per heavy atom. The Morgan fingerprint density at radius 3 is 2.29 bits per heavy atom. The number of hydrogen-bond donors (Lipinski definition) is 2. The summed E-state index contributed by atoms with van der Waals surface area (Å²) in [5, 5.41) is 29.3. The smallest absolute Gasteiger partial charge is 1.00 e. The fourth-order valence-corrected chi connectivity index (χ4v) is 5.21. The minimum absolute atomic E-state index is 0. The van der Waals surface area contributed by atoms with Gasteiger partial charge < -0.3 is 12.9 Å². The van der Waals surface area contributed by atoms with Crippen molar-refractivity contribution in [2.45, 2.75) is 32.9 Å². The van der Waals surface area contributed by atoms with Gasteiger partial charge in [-0.15, -0.1) is 10.2 Å². The topological polar surface area (TPSA) is 113 Å². The molecule has 5 aromatic rings. The van der Waals surface area contributed by atoms with Crippen molar-refractivity contribution in [3.63, 3.8) is 0 Å². The molecule has 0 atom stereocenters. The molecule has 0 radical (unpaired) electrons. The third kappa shape index (κ3) is 8.54. The zero-order valence-electron chi connectivity index (χ0n) is 25.5. The van der Waals surface area contributed by atoms with Crippen LogP contribution in [-0.2, 0) is 19.5 Å². The van der Waals surface area contributed by atoms with Gasteiger partial charge in [-0.3, -0.25) is 4.68 Å². The maximum absolute atomic E-state index is 12.3. The first-order valence-corrected chi connectivity index (χ1v) is 13.5. The average molecular weight is 667 g/mol. The number of H-pyrrole nitrogens is 1. The number of aromatic nitrogens is 6. The summed E-state index contributed by atoms with van der Waals surface area (Å²) >= 11 is 3.52. The minimum Gasteiger partial charge on any atom is -1.00 e. The molecule has 0 amide bonds. The minimum atomic E-state index is -1.00. The molecule has 0 aliphatic heterocycles. The van der Waals surface area contributed by atoms with E-state index in [0.29, 0.717) is 35.9 Å². The van der Waals surface area contributed by atoms with E-state index in [1.54, 1.807) is 4.68 Å². The van der Waals surface area contributed by atoms with Crippen LogP contribution in [0.3, 0.4) is 0 Å². The van der Waals surface area contributed by atoms with Crippen LogP contribution >= 0.6 is 15.9 Å². The zero-order chi connectivity index (χ0) is 27.2. The second kappa shape index (κ2) is 16.7. The number of carboxylic acid groups (broad SMARTS) is 1. The molecule has 3 aromatic carbocycles. The monoisotopic (exact) mass is 665 g/mol. The Morgan fingerprint density at radius 1 is 0.976 bits per heavy atom. The van der Waals surface area contributed by atoms with Crippen molar-refractivity contribution in [3.05, 3.63) is 100 Å². The fourth-order valence-electron chi connectivity index (χ4n) is 4.61. The summed E-state index contributed by atoms with van der Waals surface area (Å²) in [6.45, 7) is 3.85. The third-order valence-electron chi connectivity index (χ3n) is 6.49. The number of tetrazole rings is 1. The van der Waals surface area contributed by atoms with Crippen LogP contribution in [0.5, 0.6) is 0 Å². The number of nitrogens with one attached hydrogen (secondary N) is 1. The molecule has 202 valence electrons. The second-order valence-corrected chi connectivity index (χ2v) is 9.90. The van der Waals surface area contributed by atoms with E-state index in [0.717, 1.165) is 35.1 Å². The molecule has 0 saturated heterocycles. The number of anilines is 1. The Bertz CT molecular complexity index is 1560. The van der Waals surface area contributed by atoms with Crippen LogP contribution in [0.25, 0.3) is 22.5 Å². The second-order valence-electron chi connectivity index (χ2n) is 9.15. The summed E-state index contributed by atoms with van der Waals surface area (Å²) in [6.07, 6.45) is 1.60. The third-order valence-corrected chi connectivity index (χ3v) is 7.29. The predicted molar refractivity (Wildman–Crippen MR) is 156 cm³/mol. The molecular weight excluding hydrogens is 636 g/mol. The van der Waals surface area contributed by atoms with E-state index >= 15 is 0 Å². The van der Waals surface area contributed by atoms with Gasteiger partial charge in [-0.05, 0) is 56.2 Å². The Balaban J connectivity index is 0.00000231. The van der Waals surface area contributed by atoms with E-state index in [-0.39, 0.29) is 111 Å². The first-order valence-electron chi connectivity index (χ1n) is 12.8. The summed E-state index contributed by atoms with van der Waals surface area (Å²) in [6, 6.07) is 26.3. The number of carbonyl (C=O) groups is 1. The van der Waals surface area contributed by atoms with Crippen LogP contribution in [0, 0.1) is 0 Å². The summed E-state index contributed by atoms with van der Waals surface area (Å²) in [4.78, 5) is 14.3. The Labute approximate surface area is 335 Å². The van der Waals surface area contributed by atoms with Gasteiger partial charge in [-0.25, -0.2) is 4.79 Å². The number of aryl methyl sites for hydroxylation is 2. The molecule has 2 aromatic heterocycles. The first-order chi connectivity index (χ1) is 19.0. The SMILES string of the molecule is CCCN(Cc1ccc(-c2ccccc2-c2nn[nH]n2)cc1)c1nn(CCc2ccccc2)c(Br)c1C(=O)O.[H-].[H-].[K+].[K+]. The number of carboxylic acids is 1. The normalized spacial score (nSPS) is 10.5. The van der Waals surface area contributed by atoms with Crippen LogP contribution in [0.1, 0.15) is 37.7 Å². The molecule has 0 aliphatic carbocycles. The first kappa shape index (κ1) is 34.5. The van der Waals surface area contributed by atoms with Crippen LogP contribution in [0.4, 0.5) is 5.82 Å². The van der Waals surface area contributed by atoms with Gasteiger partial charge in [0, 0.05) is 25.2 Å². The van der Waals surface area contributed by atoms with Gasteiger partial charge in [0.1, 0.15) is 10.2 Å². The summed E-state index contributed by atoms with van der Waals surface area (Å²) in [5.74, 6) is 0.00611. The molecule has 0 saturated carbocycles. The standard InChI is InChI=1S/C29H28BrN7O2.2K.2H/c1-2-17-36(28-25(29(38)39)26(30)37(33-28)18-16-20-8-4-3-5-9-20)19-21-12-14-22(15-13-21)23-10-6-7-11-24(23)27-31-34-35-32-27;;;;/h3-15H,2,16-19H2,1H3,(H,38,39)(H,31,32,34,35);;;;/q;2*+1;2*-1. The molecule has 41 heavy (non-hydrogen) atoms. The molecule has 9 nitrogen and oxygen atoms in total. The number of aromatic carboxylic acids is 1. The number of halogens is 1. The van der Waals surface area contributed by atoms with E-state index in [9.17, 15) is 9.90 Å². The average Bonchev–Trinajstić information content (AvgIpc) is 3.61. The van der Waals surface area contributed by atoms with E-state index in [1.807, 2.05) is 47.4 Å². The summed E-state index contributed by atoms with van der Waals surface area (Å²) in [7, 11) is 0. The van der Waals surface area contributed by atoms with Crippen molar-refractivity contribution < 1.29 is 116 Å². The summed E-state index contributed by atoms with van der Waals surface area (Å²) in [5.41, 5.74) is 5.33. The number of hydrogen-bond acceptors (Lipinski definition) is 6. The van der Waals surface area contributed by atoms with Crippen molar-refractivity contribution in [3.8, 4) is 22.5 Å². The van der Waals surface area contributed by atoms with Crippen molar-refractivity contribution in [1.82, 2.24) is 30.4 Å². The number of nitrogens with zero attached hydrogens (tertiary/aromatic N) is 6. The van der Waals surface area contributed by atoms with Crippen molar-refractivity contribution >= 4 is 27.7 Å². The van der Waals surface area contributed by atoms with Gasteiger partial charge in [0.2, 0.25) is 5.82 Å². The maximum Gasteiger partial charge on any atom is 1.00 e. The molecule has 0 unspecified atom stereocenters. The quantitative estimate of drug-likeness (QED) is 0.192. The van der Waals surface area contributed by atoms with E-state index in [2.05, 4.69) is 79.9 Å². The van der Waals surface area contributed by atoms with Gasteiger partial charge in [-0.2, -0.15) is 10.3 Å². The molecule has 2 heterocycles. The molecule has 5 rings (SSSR count). The van der Waals surface area contributed by atoms with E-state index in [1.165, 1.54) is 5.56 Å². The molecule has 2 N–H and O–H groups in total. The van der Waals surface area contributed by atoms with Crippen LogP contribution < -0.4 is 108 Å². The largest absolute Gasteiger partial charge is 1.00 e. The van der Waals surface area contributed by atoms with Crippen LogP contribution in [-0.4, -0.2) is 48.0 Å². The van der Waals surface area contributed by atoms with Crippen LogP contribution in [0.2, 0.25) is 0 Å². The molecule has 0 bridgehead atoms. The summed E-state index contributed by atoms with van der Waals surface area (Å²) < 4.78 is 2.22. The van der Waals surface area contributed by atoms with Crippen molar-refractivity contribution in [2.75, 3.05) is 11.4 Å². The fraction of sp³-hybridized carbons (Fsp3) is 0.207. The molecule has 12 heteroatoms. The molecular formula is C29H30BrK2N7O2. The van der Waals surface area contributed by atoms with E-state index < -0.39 is 5.97 Å². The van der Waals surface area contributed by atoms with Gasteiger partial charge >= 0.3 is 109 Å². The van der Waals surface area contributed by atoms with Crippen LogP contribution in [0.15, 0.2) is 83.5 Å². The zero-order valence-corrected chi connectivity index (χ0v) is 31.3. The maximum atomic E-state index is 12.3. The van der Waals surface area contributed by atoms with Gasteiger partial charge in [-0.1, -0.05) is 85.8 Å². The number of benzene rings is 3. The number of aromatic amines is 1. The molecule has 0 spiro atoms.